The van der Waals surface area contributed by atoms with Crippen LogP contribution in [0, 0.1) is 6.92 Å². The zero-order chi connectivity index (χ0) is 15.2. The fraction of sp³-hybridized carbons (Fsp3) is 0.714. The first-order valence-corrected chi connectivity index (χ1v) is 7.52. The van der Waals surface area contributed by atoms with Crippen molar-refractivity contribution in [1.82, 2.24) is 14.9 Å². The van der Waals surface area contributed by atoms with E-state index in [1.165, 1.54) is 0 Å². The second-order valence-corrected chi connectivity index (χ2v) is 5.49. The molecular weight excluding hydrogens is 268 g/mol. The summed E-state index contributed by atoms with van der Waals surface area (Å²) in [6, 6.07) is 0. The Hall–Kier alpha value is -1.44. The molecule has 2 rings (SSSR count). The molecule has 21 heavy (non-hydrogen) atoms. The molecule has 0 aromatic carbocycles. The fourth-order valence-corrected chi connectivity index (χ4v) is 2.41. The third-order valence-corrected chi connectivity index (χ3v) is 3.64. The van der Waals surface area contributed by atoms with E-state index in [2.05, 4.69) is 39.6 Å². The zero-order valence-corrected chi connectivity index (χ0v) is 13.1. The molecule has 0 aliphatic carbocycles. The Morgan fingerprint density at radius 3 is 2.81 bits per heavy atom. The minimum absolute atomic E-state index is 0.182. The molecule has 1 aliphatic rings. The average Bonchev–Trinajstić information content (AvgIpc) is 2.48. The highest BCUT2D eigenvalue weighted by Gasteiger charge is 2.18. The molecule has 0 radical (unpaired) electrons. The number of nitrogens with zero attached hydrogens (tertiary/aromatic N) is 3. The number of hydrogen-bond acceptors (Lipinski definition) is 7. The number of ether oxygens (including phenoxy) is 1. The predicted molar refractivity (Wildman–Crippen MR) is 84.3 cm³/mol. The molecule has 1 atom stereocenters. The van der Waals surface area contributed by atoms with Gasteiger partial charge in [0.15, 0.2) is 0 Å². The van der Waals surface area contributed by atoms with Crippen LogP contribution >= 0.6 is 0 Å². The number of nitrogen functional groups attached to an aromatic ring is 1. The first-order chi connectivity index (χ1) is 10.1. The maximum Gasteiger partial charge on any atom is 0.148 e. The van der Waals surface area contributed by atoms with Crippen molar-refractivity contribution in [3.63, 3.8) is 0 Å². The first kappa shape index (κ1) is 15.9. The fourth-order valence-electron chi connectivity index (χ4n) is 2.41. The van der Waals surface area contributed by atoms with Crippen molar-refractivity contribution in [3.8, 4) is 0 Å². The van der Waals surface area contributed by atoms with Crippen molar-refractivity contribution in [2.75, 3.05) is 44.0 Å². The van der Waals surface area contributed by atoms with Crippen molar-refractivity contribution in [3.05, 3.63) is 11.4 Å². The maximum atomic E-state index is 5.76. The molecular formula is C14H26N6O. The lowest BCUT2D eigenvalue weighted by molar-refractivity contribution is -0.0117. The second-order valence-electron chi connectivity index (χ2n) is 5.49. The van der Waals surface area contributed by atoms with Crippen LogP contribution in [0.25, 0.3) is 0 Å². The molecule has 0 saturated carbocycles. The molecule has 7 nitrogen and oxygen atoms in total. The molecule has 1 aromatic heterocycles. The van der Waals surface area contributed by atoms with E-state index in [0.717, 1.165) is 56.3 Å². The molecule has 2 heterocycles. The first-order valence-electron chi connectivity index (χ1n) is 7.52. The van der Waals surface area contributed by atoms with E-state index in [4.69, 9.17) is 10.6 Å². The van der Waals surface area contributed by atoms with Crippen molar-refractivity contribution < 1.29 is 4.74 Å². The third-order valence-electron chi connectivity index (χ3n) is 3.64. The van der Waals surface area contributed by atoms with Gasteiger partial charge in [-0.1, -0.05) is 6.92 Å². The van der Waals surface area contributed by atoms with E-state index in [0.29, 0.717) is 5.82 Å². The quantitative estimate of drug-likeness (QED) is 0.527. The van der Waals surface area contributed by atoms with Gasteiger partial charge in [-0.05, 0) is 20.4 Å². The highest BCUT2D eigenvalue weighted by Crippen LogP contribution is 2.20. The predicted octanol–water partition coefficient (Wildman–Crippen LogP) is 0.766. The largest absolute Gasteiger partial charge is 0.374 e. The molecule has 1 aliphatic heterocycles. The van der Waals surface area contributed by atoms with Crippen LogP contribution in [0.2, 0.25) is 0 Å². The summed E-state index contributed by atoms with van der Waals surface area (Å²) in [6.45, 7) is 7.50. The molecule has 1 fully saturated rings. The SMILES string of the molecule is CCCc1nc(NN)c(C)c(NCC2CN(C)CCO2)n1. The molecule has 7 heteroatoms. The van der Waals surface area contributed by atoms with Crippen molar-refractivity contribution >= 4 is 11.6 Å². The lowest BCUT2D eigenvalue weighted by Crippen LogP contribution is -2.43. The van der Waals surface area contributed by atoms with E-state index in [-0.39, 0.29) is 6.10 Å². The second kappa shape index (κ2) is 7.53. The lowest BCUT2D eigenvalue weighted by Gasteiger charge is -2.30. The molecule has 1 aromatic rings. The number of aromatic nitrogens is 2. The van der Waals surface area contributed by atoms with E-state index >= 15 is 0 Å². The summed E-state index contributed by atoms with van der Waals surface area (Å²) < 4.78 is 5.76. The summed E-state index contributed by atoms with van der Waals surface area (Å²) in [5, 5.41) is 3.38. The Labute approximate surface area is 126 Å². The van der Waals surface area contributed by atoms with Gasteiger partial charge in [0.1, 0.15) is 17.5 Å². The van der Waals surface area contributed by atoms with Crippen LogP contribution in [0.5, 0.6) is 0 Å². The Morgan fingerprint density at radius 1 is 1.38 bits per heavy atom. The number of nitrogens with two attached hydrogens (primary N) is 1. The standard InChI is InChI=1S/C14H26N6O/c1-4-5-12-17-13(10(2)14(18-12)19-15)16-8-11-9-20(3)6-7-21-11/h11H,4-9,15H2,1-3H3,(H2,16,17,18,19). The van der Waals surface area contributed by atoms with E-state index in [9.17, 15) is 0 Å². The van der Waals surface area contributed by atoms with Gasteiger partial charge in [0, 0.05) is 31.6 Å². The number of nitrogens with one attached hydrogen (secondary N) is 2. The topological polar surface area (TPSA) is 88.3 Å². The summed E-state index contributed by atoms with van der Waals surface area (Å²) in [5.41, 5.74) is 3.58. The summed E-state index contributed by atoms with van der Waals surface area (Å²) in [7, 11) is 2.11. The normalized spacial score (nSPS) is 19.5. The monoisotopic (exact) mass is 294 g/mol. The number of likely N-dealkylation sites (N-methyl/N-ethyl adjacent to an activating group) is 1. The zero-order valence-electron chi connectivity index (χ0n) is 13.1. The highest BCUT2D eigenvalue weighted by atomic mass is 16.5. The van der Waals surface area contributed by atoms with Crippen molar-refractivity contribution in [2.45, 2.75) is 32.8 Å². The Morgan fingerprint density at radius 2 is 2.14 bits per heavy atom. The summed E-state index contributed by atoms with van der Waals surface area (Å²) in [4.78, 5) is 11.3. The van der Waals surface area contributed by atoms with Crippen molar-refractivity contribution in [2.24, 2.45) is 5.84 Å². The van der Waals surface area contributed by atoms with Gasteiger partial charge in [0.2, 0.25) is 0 Å². The average molecular weight is 294 g/mol. The summed E-state index contributed by atoms with van der Waals surface area (Å²) in [5.74, 6) is 7.86. The van der Waals surface area contributed by atoms with Gasteiger partial charge >= 0.3 is 0 Å². The van der Waals surface area contributed by atoms with E-state index < -0.39 is 0 Å². The summed E-state index contributed by atoms with van der Waals surface area (Å²) in [6.07, 6.45) is 2.03. The summed E-state index contributed by atoms with van der Waals surface area (Å²) >= 11 is 0. The molecule has 0 amide bonds. The van der Waals surface area contributed by atoms with Crippen LogP contribution in [0.4, 0.5) is 11.6 Å². The minimum atomic E-state index is 0.182. The Balaban J connectivity index is 2.05. The van der Waals surface area contributed by atoms with Crippen LogP contribution < -0.4 is 16.6 Å². The van der Waals surface area contributed by atoms with Crippen LogP contribution in [-0.2, 0) is 11.2 Å². The Bertz CT molecular complexity index is 467. The smallest absolute Gasteiger partial charge is 0.148 e. The maximum absolute atomic E-state index is 5.76. The molecule has 4 N–H and O–H groups in total. The van der Waals surface area contributed by atoms with Gasteiger partial charge in [0.05, 0.1) is 12.7 Å². The molecule has 0 bridgehead atoms. The highest BCUT2D eigenvalue weighted by molar-refractivity contribution is 5.56. The van der Waals surface area contributed by atoms with Gasteiger partial charge in [-0.2, -0.15) is 0 Å². The third kappa shape index (κ3) is 4.26. The molecule has 118 valence electrons. The van der Waals surface area contributed by atoms with Gasteiger partial charge in [0.25, 0.3) is 0 Å². The number of morpholine rings is 1. The molecule has 0 spiro atoms. The number of hydrazine groups is 1. The van der Waals surface area contributed by atoms with Gasteiger partial charge in [-0.25, -0.2) is 15.8 Å². The number of aryl methyl sites for hydroxylation is 1. The lowest BCUT2D eigenvalue weighted by atomic mass is 10.2. The van der Waals surface area contributed by atoms with E-state index in [1.807, 2.05) is 6.92 Å². The van der Waals surface area contributed by atoms with Crippen LogP contribution in [0.15, 0.2) is 0 Å². The molecule has 1 unspecified atom stereocenters. The number of rotatable bonds is 6. The van der Waals surface area contributed by atoms with Crippen LogP contribution in [-0.4, -0.2) is 54.3 Å². The van der Waals surface area contributed by atoms with Gasteiger partial charge in [-0.3, -0.25) is 0 Å². The number of anilines is 2. The van der Waals surface area contributed by atoms with Crippen molar-refractivity contribution in [1.29, 1.82) is 0 Å². The van der Waals surface area contributed by atoms with Crippen LogP contribution in [0.1, 0.15) is 24.7 Å². The number of hydrogen-bond donors (Lipinski definition) is 3. The Kier molecular flexibility index (Phi) is 5.72. The van der Waals surface area contributed by atoms with Gasteiger partial charge in [-0.15, -0.1) is 0 Å². The van der Waals surface area contributed by atoms with E-state index in [1.54, 1.807) is 0 Å². The minimum Gasteiger partial charge on any atom is -0.374 e. The molecule has 1 saturated heterocycles. The van der Waals surface area contributed by atoms with Crippen LogP contribution in [0.3, 0.4) is 0 Å². The van der Waals surface area contributed by atoms with Gasteiger partial charge < -0.3 is 20.4 Å².